The Balaban J connectivity index is 2.15. The second-order valence-corrected chi connectivity index (χ2v) is 11.2. The number of hydrogen-bond donors (Lipinski definition) is 1. The molecule has 0 spiro atoms. The highest BCUT2D eigenvalue weighted by molar-refractivity contribution is 7.92. The number of rotatable bonds is 12. The lowest BCUT2D eigenvalue weighted by atomic mass is 10.1. The lowest BCUT2D eigenvalue weighted by Gasteiger charge is -2.30. The van der Waals surface area contributed by atoms with Crippen LogP contribution in [0, 0.1) is 13.8 Å². The van der Waals surface area contributed by atoms with Crippen LogP contribution in [0.15, 0.2) is 48.5 Å². The van der Waals surface area contributed by atoms with Crippen LogP contribution >= 0.6 is 0 Å². The SMILES string of the molecule is CC[C@@H](C)NC(=O)[C@@H](C)N(Cc1ccc(C)cc1)C(=O)CCCN(c1ccc(C)cc1)S(C)(=O)=O. The molecule has 0 aliphatic carbocycles. The molecule has 0 aliphatic rings. The van der Waals surface area contributed by atoms with Gasteiger partial charge in [-0.3, -0.25) is 13.9 Å². The summed E-state index contributed by atoms with van der Waals surface area (Å²) >= 11 is 0. The molecule has 0 saturated heterocycles. The van der Waals surface area contributed by atoms with Gasteiger partial charge in [-0.1, -0.05) is 54.4 Å². The third-order valence-corrected chi connectivity index (χ3v) is 7.31. The Morgan fingerprint density at radius 3 is 2.00 bits per heavy atom. The maximum Gasteiger partial charge on any atom is 0.242 e. The molecule has 0 saturated carbocycles. The maximum atomic E-state index is 13.3. The van der Waals surface area contributed by atoms with Gasteiger partial charge in [-0.2, -0.15) is 0 Å². The van der Waals surface area contributed by atoms with Crippen molar-refractivity contribution in [3.63, 3.8) is 0 Å². The monoisotopic (exact) mass is 501 g/mol. The Morgan fingerprint density at radius 1 is 0.943 bits per heavy atom. The van der Waals surface area contributed by atoms with Gasteiger partial charge in [0, 0.05) is 25.6 Å². The van der Waals surface area contributed by atoms with Crippen molar-refractivity contribution in [2.75, 3.05) is 17.1 Å². The Morgan fingerprint density at radius 2 is 1.49 bits per heavy atom. The van der Waals surface area contributed by atoms with Crippen LogP contribution in [0.3, 0.4) is 0 Å². The van der Waals surface area contributed by atoms with Crippen LogP contribution in [0.4, 0.5) is 5.69 Å². The highest BCUT2D eigenvalue weighted by Gasteiger charge is 2.27. The van der Waals surface area contributed by atoms with E-state index in [0.29, 0.717) is 18.7 Å². The first-order valence-corrected chi connectivity index (χ1v) is 14.0. The topological polar surface area (TPSA) is 86.8 Å². The summed E-state index contributed by atoms with van der Waals surface area (Å²) in [6.07, 6.45) is 2.43. The predicted octanol–water partition coefficient (Wildman–Crippen LogP) is 4.18. The lowest BCUT2D eigenvalue weighted by Crippen LogP contribution is -2.49. The average molecular weight is 502 g/mol. The summed E-state index contributed by atoms with van der Waals surface area (Å²) in [7, 11) is -3.50. The van der Waals surface area contributed by atoms with E-state index >= 15 is 0 Å². The van der Waals surface area contributed by atoms with E-state index in [9.17, 15) is 18.0 Å². The van der Waals surface area contributed by atoms with Crippen molar-refractivity contribution in [3.8, 4) is 0 Å². The summed E-state index contributed by atoms with van der Waals surface area (Å²) in [5.74, 6) is -0.382. The number of aryl methyl sites for hydroxylation is 2. The van der Waals surface area contributed by atoms with Gasteiger partial charge in [0.1, 0.15) is 6.04 Å². The molecule has 0 fully saturated rings. The molecular weight excluding hydrogens is 462 g/mol. The van der Waals surface area contributed by atoms with E-state index in [1.54, 1.807) is 24.0 Å². The molecule has 0 bridgehead atoms. The molecule has 0 heterocycles. The van der Waals surface area contributed by atoms with E-state index in [-0.39, 0.29) is 30.8 Å². The summed E-state index contributed by atoms with van der Waals surface area (Å²) in [6, 6.07) is 14.5. The number of carbonyl (C=O) groups is 2. The zero-order valence-corrected chi connectivity index (χ0v) is 22.6. The van der Waals surface area contributed by atoms with E-state index in [1.165, 1.54) is 10.6 Å². The third kappa shape index (κ3) is 8.69. The minimum Gasteiger partial charge on any atom is -0.352 e. The van der Waals surface area contributed by atoms with Crippen LogP contribution in [0.1, 0.15) is 56.7 Å². The number of sulfonamides is 1. The average Bonchev–Trinajstić information content (AvgIpc) is 2.80. The smallest absolute Gasteiger partial charge is 0.242 e. The normalized spacial score (nSPS) is 13.1. The highest BCUT2D eigenvalue weighted by Crippen LogP contribution is 2.20. The van der Waals surface area contributed by atoms with Crippen molar-refractivity contribution in [2.45, 2.75) is 72.5 Å². The summed E-state index contributed by atoms with van der Waals surface area (Å²) < 4.78 is 26.1. The Bertz CT molecular complexity index is 1080. The van der Waals surface area contributed by atoms with Crippen LogP contribution in [-0.2, 0) is 26.2 Å². The van der Waals surface area contributed by atoms with Crippen LogP contribution in [0.25, 0.3) is 0 Å². The summed E-state index contributed by atoms with van der Waals surface area (Å²) in [5, 5.41) is 2.96. The molecule has 192 valence electrons. The van der Waals surface area contributed by atoms with Crippen molar-refractivity contribution in [1.29, 1.82) is 0 Å². The third-order valence-electron chi connectivity index (χ3n) is 6.12. The van der Waals surface area contributed by atoms with E-state index in [4.69, 9.17) is 0 Å². The van der Waals surface area contributed by atoms with Gasteiger partial charge in [-0.15, -0.1) is 0 Å². The Hall–Kier alpha value is -2.87. The number of nitrogens with one attached hydrogen (secondary N) is 1. The molecule has 0 unspecified atom stereocenters. The van der Waals surface area contributed by atoms with Gasteiger partial charge in [0.05, 0.1) is 11.9 Å². The van der Waals surface area contributed by atoms with Gasteiger partial charge in [0.25, 0.3) is 0 Å². The maximum absolute atomic E-state index is 13.3. The molecule has 0 radical (unpaired) electrons. The van der Waals surface area contributed by atoms with Crippen molar-refractivity contribution < 1.29 is 18.0 Å². The zero-order valence-electron chi connectivity index (χ0n) is 21.7. The van der Waals surface area contributed by atoms with Crippen molar-refractivity contribution in [3.05, 3.63) is 65.2 Å². The van der Waals surface area contributed by atoms with Crippen LogP contribution in [0.5, 0.6) is 0 Å². The molecule has 0 aliphatic heterocycles. The Kier molecular flexibility index (Phi) is 10.3. The van der Waals surface area contributed by atoms with Crippen LogP contribution in [0.2, 0.25) is 0 Å². The molecule has 8 heteroatoms. The zero-order chi connectivity index (χ0) is 26.2. The minimum atomic E-state index is -3.50. The van der Waals surface area contributed by atoms with E-state index in [1.807, 2.05) is 64.1 Å². The standard InChI is InChI=1S/C27H39N3O4S/c1-7-22(4)28-27(32)23(5)29(19-24-14-10-20(2)11-15-24)26(31)9-8-18-30(35(6,33)34)25-16-12-21(3)13-17-25/h10-17,22-23H,7-9,18-19H2,1-6H3,(H,28,32)/t22-,23-/m1/s1. The molecule has 2 aromatic carbocycles. The van der Waals surface area contributed by atoms with E-state index in [2.05, 4.69) is 5.32 Å². The Labute approximate surface area is 210 Å². The first-order chi connectivity index (χ1) is 16.4. The van der Waals surface area contributed by atoms with E-state index < -0.39 is 16.1 Å². The fraction of sp³-hybridized carbons (Fsp3) is 0.481. The van der Waals surface area contributed by atoms with Gasteiger partial charge in [-0.25, -0.2) is 8.42 Å². The van der Waals surface area contributed by atoms with Crippen LogP contribution in [-0.4, -0.2) is 50.0 Å². The van der Waals surface area contributed by atoms with Gasteiger partial charge < -0.3 is 10.2 Å². The molecule has 35 heavy (non-hydrogen) atoms. The molecule has 1 N–H and O–H groups in total. The number of benzene rings is 2. The van der Waals surface area contributed by atoms with Crippen molar-refractivity contribution >= 4 is 27.5 Å². The van der Waals surface area contributed by atoms with E-state index in [0.717, 1.165) is 23.1 Å². The lowest BCUT2D eigenvalue weighted by molar-refractivity contribution is -0.140. The molecular formula is C27H39N3O4S. The van der Waals surface area contributed by atoms with Crippen molar-refractivity contribution in [1.82, 2.24) is 10.2 Å². The fourth-order valence-electron chi connectivity index (χ4n) is 3.65. The number of amides is 2. The summed E-state index contributed by atoms with van der Waals surface area (Å²) in [6.45, 7) is 10.1. The van der Waals surface area contributed by atoms with Crippen molar-refractivity contribution in [2.24, 2.45) is 0 Å². The molecule has 0 aromatic heterocycles. The van der Waals surface area contributed by atoms with Gasteiger partial charge in [0.15, 0.2) is 0 Å². The number of carbonyl (C=O) groups excluding carboxylic acids is 2. The van der Waals surface area contributed by atoms with Gasteiger partial charge >= 0.3 is 0 Å². The quantitative estimate of drug-likeness (QED) is 0.473. The number of anilines is 1. The summed E-state index contributed by atoms with van der Waals surface area (Å²) in [5.41, 5.74) is 3.66. The predicted molar refractivity (Wildman–Crippen MR) is 142 cm³/mol. The molecule has 2 rings (SSSR count). The van der Waals surface area contributed by atoms with Crippen LogP contribution < -0.4 is 9.62 Å². The molecule has 2 amide bonds. The summed E-state index contributed by atoms with van der Waals surface area (Å²) in [4.78, 5) is 27.7. The van der Waals surface area contributed by atoms with Gasteiger partial charge in [-0.05, 0) is 58.2 Å². The molecule has 2 aromatic rings. The first-order valence-electron chi connectivity index (χ1n) is 12.1. The second kappa shape index (κ2) is 12.7. The second-order valence-electron chi connectivity index (χ2n) is 9.28. The number of hydrogen-bond acceptors (Lipinski definition) is 4. The minimum absolute atomic E-state index is 0.0131. The first kappa shape index (κ1) is 28.4. The fourth-order valence-corrected chi connectivity index (χ4v) is 4.62. The number of nitrogens with zero attached hydrogens (tertiary/aromatic N) is 2. The highest BCUT2D eigenvalue weighted by atomic mass is 32.2. The molecule has 7 nitrogen and oxygen atoms in total. The van der Waals surface area contributed by atoms with Gasteiger partial charge in [0.2, 0.25) is 21.8 Å². The molecule has 2 atom stereocenters. The largest absolute Gasteiger partial charge is 0.352 e.